The Morgan fingerprint density at radius 3 is 2.78 bits per heavy atom. The van der Waals surface area contributed by atoms with Gasteiger partial charge in [0.2, 0.25) is 5.75 Å². The number of hydrogen-bond donors (Lipinski definition) is 1. The van der Waals surface area contributed by atoms with Gasteiger partial charge >= 0.3 is 5.69 Å². The quantitative estimate of drug-likeness (QED) is 0.334. The van der Waals surface area contributed by atoms with E-state index < -0.39 is 16.6 Å². The Bertz CT molecular complexity index is 1250. The van der Waals surface area contributed by atoms with Crippen LogP contribution in [0.3, 0.4) is 0 Å². The molecule has 0 saturated heterocycles. The minimum atomic E-state index is -0.669. The van der Waals surface area contributed by atoms with Crippen LogP contribution in [0.1, 0.15) is 16.1 Å². The average molecular weight is 436 g/mol. The number of carbonyl (C=O) groups excluding carboxylic acids is 1. The van der Waals surface area contributed by atoms with Gasteiger partial charge < -0.3 is 10.1 Å². The van der Waals surface area contributed by atoms with E-state index in [2.05, 4.69) is 15.5 Å². The number of benzene rings is 2. The summed E-state index contributed by atoms with van der Waals surface area (Å²) in [4.78, 5) is 22.9. The monoisotopic (exact) mass is 436 g/mol. The summed E-state index contributed by atoms with van der Waals surface area (Å²) in [6.07, 6.45) is 5.02. The fourth-order valence-corrected chi connectivity index (χ4v) is 2.97. The number of anilines is 1. The minimum absolute atomic E-state index is 0.125. The highest BCUT2D eigenvalue weighted by atomic mass is 19.1. The third kappa shape index (κ3) is 4.95. The molecule has 0 saturated carbocycles. The lowest BCUT2D eigenvalue weighted by atomic mass is 10.2. The number of amides is 1. The Morgan fingerprint density at radius 1 is 1.12 bits per heavy atom. The first-order valence-corrected chi connectivity index (χ1v) is 9.46. The number of rotatable bonds is 8. The van der Waals surface area contributed by atoms with Gasteiger partial charge in [0.15, 0.2) is 12.4 Å². The number of nitrogens with zero attached hydrogens (tertiary/aromatic N) is 5. The highest BCUT2D eigenvalue weighted by Crippen LogP contribution is 2.27. The van der Waals surface area contributed by atoms with Crippen LogP contribution >= 0.6 is 0 Å². The van der Waals surface area contributed by atoms with Crippen molar-refractivity contribution < 1.29 is 18.8 Å². The molecular formula is C21H17FN6O4. The summed E-state index contributed by atoms with van der Waals surface area (Å²) in [5.41, 5.74) is 1.31. The molecule has 4 aromatic rings. The number of hydrogen-bond acceptors (Lipinski definition) is 6. The lowest BCUT2D eigenvalue weighted by Crippen LogP contribution is -2.14. The molecule has 10 nitrogen and oxygen atoms in total. The summed E-state index contributed by atoms with van der Waals surface area (Å²) >= 11 is 0. The zero-order valence-electron chi connectivity index (χ0n) is 16.6. The summed E-state index contributed by atoms with van der Waals surface area (Å²) in [6.45, 7) is 0.325. The zero-order chi connectivity index (χ0) is 22.5. The van der Waals surface area contributed by atoms with Gasteiger partial charge in [-0.2, -0.15) is 10.2 Å². The van der Waals surface area contributed by atoms with Gasteiger partial charge in [-0.05, 0) is 35.9 Å². The Morgan fingerprint density at radius 2 is 2.00 bits per heavy atom. The first-order valence-electron chi connectivity index (χ1n) is 9.46. The normalized spacial score (nSPS) is 10.7. The van der Waals surface area contributed by atoms with E-state index in [0.717, 1.165) is 23.8 Å². The third-order valence-electron chi connectivity index (χ3n) is 4.43. The zero-order valence-corrected chi connectivity index (χ0v) is 16.6. The summed E-state index contributed by atoms with van der Waals surface area (Å²) < 4.78 is 21.8. The number of nitro groups is 1. The first-order chi connectivity index (χ1) is 15.5. The van der Waals surface area contributed by atoms with Crippen molar-refractivity contribution in [3.05, 3.63) is 100 Å². The molecule has 2 aromatic carbocycles. The van der Waals surface area contributed by atoms with E-state index in [0.29, 0.717) is 12.2 Å². The molecule has 1 amide bonds. The molecule has 0 aliphatic carbocycles. The Labute approximate surface area is 181 Å². The van der Waals surface area contributed by atoms with Crippen molar-refractivity contribution in [1.82, 2.24) is 19.6 Å². The number of nitro benzene ring substituents is 1. The molecule has 0 spiro atoms. The molecule has 0 unspecified atom stereocenters. The molecule has 0 aliphatic rings. The fourth-order valence-electron chi connectivity index (χ4n) is 2.97. The van der Waals surface area contributed by atoms with Gasteiger partial charge in [-0.15, -0.1) is 0 Å². The number of nitrogens with one attached hydrogen (secondary N) is 1. The molecule has 0 bridgehead atoms. The van der Waals surface area contributed by atoms with Crippen molar-refractivity contribution in [3.63, 3.8) is 0 Å². The summed E-state index contributed by atoms with van der Waals surface area (Å²) in [6, 6.07) is 13.6. The van der Waals surface area contributed by atoms with Crippen LogP contribution in [0.5, 0.6) is 5.75 Å². The second kappa shape index (κ2) is 9.08. The molecule has 162 valence electrons. The van der Waals surface area contributed by atoms with Crippen LogP contribution in [-0.4, -0.2) is 30.4 Å². The van der Waals surface area contributed by atoms with Crippen LogP contribution in [0.15, 0.2) is 73.2 Å². The van der Waals surface area contributed by atoms with E-state index in [4.69, 9.17) is 4.74 Å². The predicted octanol–water partition coefficient (Wildman–Crippen LogP) is 3.46. The molecule has 1 N–H and O–H groups in total. The van der Waals surface area contributed by atoms with Crippen LogP contribution in [0.2, 0.25) is 0 Å². The number of aromatic nitrogens is 4. The van der Waals surface area contributed by atoms with Gasteiger partial charge in [-0.25, -0.2) is 9.07 Å². The van der Waals surface area contributed by atoms with E-state index in [1.54, 1.807) is 16.9 Å². The largest absolute Gasteiger partial charge is 0.464 e. The summed E-state index contributed by atoms with van der Waals surface area (Å²) in [5.74, 6) is -1.33. The number of ether oxygens (including phenoxy) is 1. The Balaban J connectivity index is 1.39. The SMILES string of the molecule is O=C(Nc1cccc(Cn2cccn2)c1)c1ccn(COc2cc(F)ccc2[N+](=O)[O-])n1. The van der Waals surface area contributed by atoms with Crippen LogP contribution < -0.4 is 10.1 Å². The lowest BCUT2D eigenvalue weighted by molar-refractivity contribution is -0.386. The van der Waals surface area contributed by atoms with E-state index >= 15 is 0 Å². The average Bonchev–Trinajstić information content (AvgIpc) is 3.44. The van der Waals surface area contributed by atoms with Gasteiger partial charge in [-0.3, -0.25) is 19.6 Å². The van der Waals surface area contributed by atoms with E-state index in [9.17, 15) is 19.3 Å². The molecule has 2 heterocycles. The maximum atomic E-state index is 13.4. The van der Waals surface area contributed by atoms with Crippen LogP contribution in [-0.2, 0) is 13.3 Å². The first kappa shape index (κ1) is 20.7. The molecule has 4 rings (SSSR count). The second-order valence-electron chi connectivity index (χ2n) is 6.74. The van der Waals surface area contributed by atoms with E-state index in [1.807, 2.05) is 30.5 Å². The third-order valence-corrected chi connectivity index (χ3v) is 4.43. The standard InChI is InChI=1S/C21H17FN6O4/c22-16-5-6-19(28(30)31)20(12-16)32-14-27-10-7-18(25-27)21(29)24-17-4-1-3-15(11-17)13-26-9-2-8-23-26/h1-12H,13-14H2,(H,24,29). The second-order valence-corrected chi connectivity index (χ2v) is 6.74. The predicted molar refractivity (Wildman–Crippen MR) is 112 cm³/mol. The lowest BCUT2D eigenvalue weighted by Gasteiger charge is -2.08. The van der Waals surface area contributed by atoms with Crippen molar-refractivity contribution in [2.45, 2.75) is 13.3 Å². The van der Waals surface area contributed by atoms with Crippen LogP contribution in [0.4, 0.5) is 15.8 Å². The van der Waals surface area contributed by atoms with Crippen molar-refractivity contribution >= 4 is 17.3 Å². The summed E-state index contributed by atoms with van der Waals surface area (Å²) in [7, 11) is 0. The maximum Gasteiger partial charge on any atom is 0.311 e. The van der Waals surface area contributed by atoms with Crippen molar-refractivity contribution in [1.29, 1.82) is 0 Å². The molecule has 0 radical (unpaired) electrons. The molecular weight excluding hydrogens is 419 g/mol. The molecule has 32 heavy (non-hydrogen) atoms. The number of carbonyl (C=O) groups is 1. The van der Waals surface area contributed by atoms with Crippen LogP contribution in [0.25, 0.3) is 0 Å². The highest BCUT2D eigenvalue weighted by molar-refractivity contribution is 6.02. The summed E-state index contributed by atoms with van der Waals surface area (Å²) in [5, 5.41) is 22.1. The molecule has 2 aromatic heterocycles. The van der Waals surface area contributed by atoms with Gasteiger partial charge in [0.1, 0.15) is 5.82 Å². The van der Waals surface area contributed by atoms with Crippen molar-refractivity contribution in [2.75, 3.05) is 5.32 Å². The molecule has 0 atom stereocenters. The van der Waals surface area contributed by atoms with Crippen LogP contribution in [0, 0.1) is 15.9 Å². The Hall–Kier alpha value is -4.54. The highest BCUT2D eigenvalue weighted by Gasteiger charge is 2.17. The molecule has 11 heteroatoms. The molecule has 0 aliphatic heterocycles. The number of halogens is 1. The smallest absolute Gasteiger partial charge is 0.311 e. The molecule has 0 fully saturated rings. The maximum absolute atomic E-state index is 13.4. The van der Waals surface area contributed by atoms with Crippen molar-refractivity contribution in [3.8, 4) is 5.75 Å². The van der Waals surface area contributed by atoms with Gasteiger partial charge in [-0.1, -0.05) is 12.1 Å². The van der Waals surface area contributed by atoms with E-state index in [-0.39, 0.29) is 23.9 Å². The van der Waals surface area contributed by atoms with Gasteiger partial charge in [0, 0.05) is 36.4 Å². The fraction of sp³-hybridized carbons (Fsp3) is 0.0952. The minimum Gasteiger partial charge on any atom is -0.464 e. The topological polar surface area (TPSA) is 117 Å². The van der Waals surface area contributed by atoms with Gasteiger partial charge in [0.05, 0.1) is 11.5 Å². The van der Waals surface area contributed by atoms with Gasteiger partial charge in [0.25, 0.3) is 5.91 Å². The van der Waals surface area contributed by atoms with Crippen molar-refractivity contribution in [2.24, 2.45) is 0 Å². The van der Waals surface area contributed by atoms with E-state index in [1.165, 1.54) is 16.9 Å². The Kier molecular flexibility index (Phi) is 5.88.